The van der Waals surface area contributed by atoms with Gasteiger partial charge in [0.2, 0.25) is 0 Å². The first-order chi connectivity index (χ1) is 8.22. The summed E-state index contributed by atoms with van der Waals surface area (Å²) in [6.07, 6.45) is 0.785. The smallest absolute Gasteiger partial charge is 0.0639 e. The molecule has 4 heteroatoms. The summed E-state index contributed by atoms with van der Waals surface area (Å²) < 4.78 is 0. The van der Waals surface area contributed by atoms with Crippen molar-refractivity contribution in [2.75, 3.05) is 24.6 Å². The lowest BCUT2D eigenvalue weighted by Gasteiger charge is -2.40. The molecule has 0 saturated carbocycles. The van der Waals surface area contributed by atoms with Crippen molar-refractivity contribution in [3.05, 3.63) is 29.3 Å². The van der Waals surface area contributed by atoms with Crippen LogP contribution in [0.4, 0.5) is 5.69 Å². The van der Waals surface area contributed by atoms with Gasteiger partial charge in [-0.25, -0.2) is 0 Å². The normalized spacial score (nSPS) is 25.0. The number of nitrogens with one attached hydrogen (secondary N) is 1. The highest BCUT2D eigenvalue weighted by Gasteiger charge is 2.25. The molecule has 0 spiro atoms. The molecule has 0 aliphatic carbocycles. The Hall–Kier alpha value is -0.770. The summed E-state index contributed by atoms with van der Waals surface area (Å²) in [4.78, 5) is 2.32. The van der Waals surface area contributed by atoms with E-state index < -0.39 is 0 Å². The highest BCUT2D eigenvalue weighted by molar-refractivity contribution is 6.33. The van der Waals surface area contributed by atoms with Gasteiger partial charge in [-0.15, -0.1) is 0 Å². The van der Waals surface area contributed by atoms with Gasteiger partial charge in [0.25, 0.3) is 0 Å². The number of hydrogen-bond donors (Lipinski definition) is 2. The Morgan fingerprint density at radius 2 is 2.24 bits per heavy atom. The Morgan fingerprint density at radius 1 is 1.47 bits per heavy atom. The lowest BCUT2D eigenvalue weighted by atomic mass is 10.1. The van der Waals surface area contributed by atoms with Crippen LogP contribution in [0.2, 0.25) is 5.02 Å². The van der Waals surface area contributed by atoms with Crippen LogP contribution in [0.15, 0.2) is 24.3 Å². The van der Waals surface area contributed by atoms with Gasteiger partial charge in [0.1, 0.15) is 0 Å². The molecule has 1 fully saturated rings. The van der Waals surface area contributed by atoms with E-state index in [-0.39, 0.29) is 6.61 Å². The minimum absolute atomic E-state index is 0.225. The van der Waals surface area contributed by atoms with Gasteiger partial charge in [0, 0.05) is 31.8 Å². The molecular weight excluding hydrogens is 236 g/mol. The van der Waals surface area contributed by atoms with Crippen LogP contribution in [0.5, 0.6) is 0 Å². The minimum atomic E-state index is 0.225. The maximum atomic E-state index is 9.01. The molecular formula is C13H19ClN2O. The number of hydrogen-bond acceptors (Lipinski definition) is 3. The van der Waals surface area contributed by atoms with E-state index in [4.69, 9.17) is 16.7 Å². The lowest BCUT2D eigenvalue weighted by Crippen LogP contribution is -2.55. The summed E-state index contributed by atoms with van der Waals surface area (Å²) >= 11 is 6.24. The standard InChI is InChI=1S/C13H19ClN2O/c1-10-8-15-11(6-7-17)9-16(10)13-5-3-2-4-12(13)14/h2-5,10-11,15,17H,6-9H2,1H3. The molecule has 1 aliphatic heterocycles. The molecule has 0 amide bonds. The zero-order chi connectivity index (χ0) is 12.3. The SMILES string of the molecule is CC1CNC(CCO)CN1c1ccccc1Cl. The number of anilines is 1. The molecule has 1 aromatic rings. The van der Waals surface area contributed by atoms with E-state index in [1.165, 1.54) is 0 Å². The van der Waals surface area contributed by atoms with Gasteiger partial charge >= 0.3 is 0 Å². The van der Waals surface area contributed by atoms with E-state index in [2.05, 4.69) is 23.2 Å². The van der Waals surface area contributed by atoms with Gasteiger partial charge < -0.3 is 15.3 Å². The fraction of sp³-hybridized carbons (Fsp3) is 0.538. The zero-order valence-electron chi connectivity index (χ0n) is 10.1. The van der Waals surface area contributed by atoms with E-state index in [0.29, 0.717) is 12.1 Å². The van der Waals surface area contributed by atoms with Crippen LogP contribution >= 0.6 is 11.6 Å². The molecule has 94 valence electrons. The lowest BCUT2D eigenvalue weighted by molar-refractivity contribution is 0.255. The van der Waals surface area contributed by atoms with Crippen molar-refractivity contribution >= 4 is 17.3 Å². The molecule has 0 radical (unpaired) electrons. The van der Waals surface area contributed by atoms with Crippen molar-refractivity contribution < 1.29 is 5.11 Å². The number of para-hydroxylation sites is 1. The third kappa shape index (κ3) is 2.92. The Morgan fingerprint density at radius 3 is 2.94 bits per heavy atom. The predicted octanol–water partition coefficient (Wildman–Crippen LogP) is 1.89. The molecule has 1 aromatic carbocycles. The van der Waals surface area contributed by atoms with E-state index in [1.54, 1.807) is 0 Å². The topological polar surface area (TPSA) is 35.5 Å². The molecule has 2 rings (SSSR count). The van der Waals surface area contributed by atoms with Gasteiger partial charge in [0.15, 0.2) is 0 Å². The number of benzene rings is 1. The molecule has 17 heavy (non-hydrogen) atoms. The molecule has 2 unspecified atom stereocenters. The van der Waals surface area contributed by atoms with E-state index in [1.807, 2.05) is 18.2 Å². The third-order valence-corrected chi connectivity index (χ3v) is 3.61. The largest absolute Gasteiger partial charge is 0.396 e. The molecule has 0 aromatic heterocycles. The molecule has 1 aliphatic rings. The van der Waals surface area contributed by atoms with Crippen LogP contribution in [0.3, 0.4) is 0 Å². The van der Waals surface area contributed by atoms with Crippen LogP contribution in [0.1, 0.15) is 13.3 Å². The van der Waals surface area contributed by atoms with E-state index >= 15 is 0 Å². The van der Waals surface area contributed by atoms with Gasteiger partial charge in [0.05, 0.1) is 10.7 Å². The molecule has 3 nitrogen and oxygen atoms in total. The molecule has 0 bridgehead atoms. The second kappa shape index (κ2) is 5.71. The average molecular weight is 255 g/mol. The number of aliphatic hydroxyl groups excluding tert-OH is 1. The first-order valence-electron chi connectivity index (χ1n) is 6.07. The molecule has 2 N–H and O–H groups in total. The Labute approximate surface area is 107 Å². The number of aliphatic hydroxyl groups is 1. The van der Waals surface area contributed by atoms with Crippen LogP contribution in [0, 0.1) is 0 Å². The Kier molecular flexibility index (Phi) is 4.26. The molecule has 1 saturated heterocycles. The summed E-state index contributed by atoms with van der Waals surface area (Å²) in [5.41, 5.74) is 1.09. The number of halogens is 1. The molecule has 1 heterocycles. The number of piperazine rings is 1. The van der Waals surface area contributed by atoms with E-state index in [9.17, 15) is 0 Å². The summed E-state index contributed by atoms with van der Waals surface area (Å²) in [7, 11) is 0. The summed E-state index contributed by atoms with van der Waals surface area (Å²) in [6.45, 7) is 4.23. The average Bonchev–Trinajstić information content (AvgIpc) is 2.33. The fourth-order valence-electron chi connectivity index (χ4n) is 2.30. The minimum Gasteiger partial charge on any atom is -0.396 e. The third-order valence-electron chi connectivity index (χ3n) is 3.29. The van der Waals surface area contributed by atoms with Crippen molar-refractivity contribution in [2.45, 2.75) is 25.4 Å². The first-order valence-corrected chi connectivity index (χ1v) is 6.45. The van der Waals surface area contributed by atoms with Crippen molar-refractivity contribution in [1.29, 1.82) is 0 Å². The highest BCUT2D eigenvalue weighted by Crippen LogP contribution is 2.28. The zero-order valence-corrected chi connectivity index (χ0v) is 10.8. The van der Waals surface area contributed by atoms with Gasteiger partial charge in [-0.1, -0.05) is 23.7 Å². The monoisotopic (exact) mass is 254 g/mol. The molecule has 2 atom stereocenters. The summed E-state index contributed by atoms with van der Waals surface area (Å²) in [6, 6.07) is 8.70. The summed E-state index contributed by atoms with van der Waals surface area (Å²) in [5, 5.41) is 13.3. The van der Waals surface area contributed by atoms with Crippen molar-refractivity contribution in [3.63, 3.8) is 0 Å². The van der Waals surface area contributed by atoms with Crippen molar-refractivity contribution in [1.82, 2.24) is 5.32 Å². The van der Waals surface area contributed by atoms with Gasteiger partial charge in [-0.05, 0) is 25.5 Å². The highest BCUT2D eigenvalue weighted by atomic mass is 35.5. The number of nitrogens with zero attached hydrogens (tertiary/aromatic N) is 1. The Balaban J connectivity index is 2.15. The second-order valence-electron chi connectivity index (χ2n) is 4.57. The van der Waals surface area contributed by atoms with Gasteiger partial charge in [-0.2, -0.15) is 0 Å². The quantitative estimate of drug-likeness (QED) is 0.865. The Bertz CT molecular complexity index is 372. The van der Waals surface area contributed by atoms with Crippen LogP contribution in [-0.2, 0) is 0 Å². The van der Waals surface area contributed by atoms with Crippen LogP contribution in [-0.4, -0.2) is 36.9 Å². The fourth-order valence-corrected chi connectivity index (χ4v) is 2.54. The summed E-state index contributed by atoms with van der Waals surface area (Å²) in [5.74, 6) is 0. The van der Waals surface area contributed by atoms with E-state index in [0.717, 1.165) is 30.2 Å². The first kappa shape index (κ1) is 12.7. The second-order valence-corrected chi connectivity index (χ2v) is 4.98. The maximum absolute atomic E-state index is 9.01. The maximum Gasteiger partial charge on any atom is 0.0639 e. The van der Waals surface area contributed by atoms with Crippen LogP contribution < -0.4 is 10.2 Å². The predicted molar refractivity (Wildman–Crippen MR) is 71.8 cm³/mol. The van der Waals surface area contributed by atoms with Crippen molar-refractivity contribution in [3.8, 4) is 0 Å². The van der Waals surface area contributed by atoms with Crippen LogP contribution in [0.25, 0.3) is 0 Å². The number of rotatable bonds is 3. The van der Waals surface area contributed by atoms with Gasteiger partial charge in [-0.3, -0.25) is 0 Å². The van der Waals surface area contributed by atoms with Crippen molar-refractivity contribution in [2.24, 2.45) is 0 Å².